The molecule has 6 rings (SSSR count). The maximum absolute atomic E-state index is 13.1. The zero-order valence-electron chi connectivity index (χ0n) is 23.3. The predicted molar refractivity (Wildman–Crippen MR) is 170 cm³/mol. The van der Waals surface area contributed by atoms with Gasteiger partial charge in [0, 0.05) is 30.4 Å². The minimum atomic E-state index is 0.0314. The van der Waals surface area contributed by atoms with E-state index in [4.69, 9.17) is 9.47 Å². The molecule has 0 saturated carbocycles. The fourth-order valence-corrected chi connectivity index (χ4v) is 7.21. The van der Waals surface area contributed by atoms with Crippen molar-refractivity contribution in [1.29, 1.82) is 0 Å². The Morgan fingerprint density at radius 2 is 1.73 bits per heavy atom. The largest absolute Gasteiger partial charge is 0.497 e. The van der Waals surface area contributed by atoms with E-state index < -0.39 is 0 Å². The van der Waals surface area contributed by atoms with Gasteiger partial charge in [-0.15, -0.1) is 11.3 Å². The molecule has 8 heteroatoms. The number of likely N-dealkylation sites (tertiary alicyclic amines) is 1. The van der Waals surface area contributed by atoms with E-state index in [1.165, 1.54) is 5.56 Å². The lowest BCUT2D eigenvalue weighted by Gasteiger charge is -2.32. The number of fused-ring (bicyclic) bond motifs is 1. The first-order valence-corrected chi connectivity index (χ1v) is 16.0. The van der Waals surface area contributed by atoms with Gasteiger partial charge < -0.3 is 20.1 Å². The highest BCUT2D eigenvalue weighted by atomic mass is 79.9. The van der Waals surface area contributed by atoms with Crippen molar-refractivity contribution < 1.29 is 14.3 Å². The van der Waals surface area contributed by atoms with Crippen molar-refractivity contribution in [3.63, 3.8) is 0 Å². The van der Waals surface area contributed by atoms with Crippen LogP contribution in [-0.4, -0.2) is 56.2 Å². The summed E-state index contributed by atoms with van der Waals surface area (Å²) in [5, 5.41) is 7.78. The molecule has 4 aromatic rings. The van der Waals surface area contributed by atoms with Crippen LogP contribution in [0.25, 0.3) is 21.2 Å². The molecule has 41 heavy (non-hydrogen) atoms. The summed E-state index contributed by atoms with van der Waals surface area (Å²) in [7, 11) is 1.67. The van der Waals surface area contributed by atoms with Crippen LogP contribution in [0.15, 0.2) is 71.2 Å². The second-order valence-corrected chi connectivity index (χ2v) is 12.9. The Balaban J connectivity index is 1.01. The predicted octanol–water partition coefficient (Wildman–Crippen LogP) is 6.86. The van der Waals surface area contributed by atoms with E-state index in [9.17, 15) is 4.79 Å². The van der Waals surface area contributed by atoms with Crippen LogP contribution in [-0.2, 0) is 6.54 Å². The van der Waals surface area contributed by atoms with E-state index in [1.807, 2.05) is 18.2 Å². The molecule has 0 spiro atoms. The van der Waals surface area contributed by atoms with Crippen LogP contribution in [0.5, 0.6) is 11.5 Å². The first-order valence-electron chi connectivity index (χ1n) is 14.4. The van der Waals surface area contributed by atoms with Crippen molar-refractivity contribution in [2.75, 3.05) is 33.3 Å². The summed E-state index contributed by atoms with van der Waals surface area (Å²) >= 11 is 5.28. The summed E-state index contributed by atoms with van der Waals surface area (Å²) in [6.45, 7) is 4.88. The molecule has 2 N–H and O–H groups in total. The lowest BCUT2D eigenvalue weighted by molar-refractivity contribution is 0.0913. The van der Waals surface area contributed by atoms with Gasteiger partial charge in [-0.05, 0) is 113 Å². The maximum Gasteiger partial charge on any atom is 0.261 e. The number of halogens is 1. The first kappa shape index (κ1) is 28.2. The Morgan fingerprint density at radius 1 is 0.976 bits per heavy atom. The average Bonchev–Trinajstić information content (AvgIpc) is 3.44. The first-order chi connectivity index (χ1) is 20.0. The molecule has 0 bridgehead atoms. The summed E-state index contributed by atoms with van der Waals surface area (Å²) < 4.78 is 13.6. The summed E-state index contributed by atoms with van der Waals surface area (Å²) in [5.74, 6) is 1.81. The van der Waals surface area contributed by atoms with Gasteiger partial charge in [0.05, 0.1) is 16.5 Å². The second kappa shape index (κ2) is 12.9. The highest BCUT2D eigenvalue weighted by Crippen LogP contribution is 2.32. The minimum absolute atomic E-state index is 0.0314. The quantitative estimate of drug-likeness (QED) is 0.222. The number of nitrogens with zero attached hydrogens (tertiary/aromatic N) is 1. The smallest absolute Gasteiger partial charge is 0.261 e. The third-order valence-corrected chi connectivity index (χ3v) is 9.79. The molecule has 2 fully saturated rings. The number of hydrogen-bond donors (Lipinski definition) is 2. The number of benzene rings is 3. The lowest BCUT2D eigenvalue weighted by Crippen LogP contribution is -2.44. The van der Waals surface area contributed by atoms with Gasteiger partial charge >= 0.3 is 0 Å². The van der Waals surface area contributed by atoms with Crippen LogP contribution in [0.4, 0.5) is 0 Å². The van der Waals surface area contributed by atoms with Gasteiger partial charge in [0.15, 0.2) is 0 Å². The average molecular weight is 635 g/mol. The zero-order chi connectivity index (χ0) is 28.2. The van der Waals surface area contributed by atoms with Gasteiger partial charge in [0.1, 0.15) is 17.6 Å². The monoisotopic (exact) mass is 633 g/mol. The molecule has 0 unspecified atom stereocenters. The number of piperidine rings is 2. The van der Waals surface area contributed by atoms with Crippen LogP contribution in [0.1, 0.15) is 40.9 Å². The van der Waals surface area contributed by atoms with Crippen LogP contribution < -0.4 is 20.1 Å². The SMILES string of the molecule is COc1ccc(-c2ccc3cc(C(=O)NC4CCN(Cc5ccc(OC6CCNCC6)c(Br)c5)CC4)sc3c2)cc1. The molecular weight excluding hydrogens is 598 g/mol. The molecule has 3 heterocycles. The Kier molecular flexibility index (Phi) is 8.91. The van der Waals surface area contributed by atoms with E-state index in [1.54, 1.807) is 18.4 Å². The van der Waals surface area contributed by atoms with Crippen LogP contribution in [0, 0.1) is 0 Å². The summed E-state index contributed by atoms with van der Waals surface area (Å²) in [6.07, 6.45) is 4.30. The molecule has 1 aromatic heterocycles. The molecule has 3 aromatic carbocycles. The molecule has 2 saturated heterocycles. The number of ether oxygens (including phenoxy) is 2. The van der Waals surface area contributed by atoms with Crippen molar-refractivity contribution in [3.05, 3.63) is 81.6 Å². The van der Waals surface area contributed by atoms with Crippen molar-refractivity contribution in [1.82, 2.24) is 15.5 Å². The number of thiophene rings is 1. The summed E-state index contributed by atoms with van der Waals surface area (Å²) in [4.78, 5) is 16.4. The maximum atomic E-state index is 13.1. The van der Waals surface area contributed by atoms with Gasteiger partial charge in [-0.2, -0.15) is 0 Å². The van der Waals surface area contributed by atoms with Gasteiger partial charge in [-0.3, -0.25) is 9.69 Å². The molecule has 6 nitrogen and oxygen atoms in total. The number of rotatable bonds is 8. The van der Waals surface area contributed by atoms with E-state index in [2.05, 4.69) is 80.0 Å². The van der Waals surface area contributed by atoms with Crippen molar-refractivity contribution in [3.8, 4) is 22.6 Å². The lowest BCUT2D eigenvalue weighted by atomic mass is 10.0. The van der Waals surface area contributed by atoms with Gasteiger partial charge in [0.25, 0.3) is 5.91 Å². The normalized spacial score (nSPS) is 17.0. The number of hydrogen-bond acceptors (Lipinski definition) is 6. The van der Waals surface area contributed by atoms with E-state index >= 15 is 0 Å². The molecule has 2 aliphatic heterocycles. The Hall–Kier alpha value is -2.91. The molecule has 1 amide bonds. The van der Waals surface area contributed by atoms with Gasteiger partial charge in [-0.1, -0.05) is 30.3 Å². The molecule has 214 valence electrons. The van der Waals surface area contributed by atoms with E-state index in [0.717, 1.165) is 100 Å². The van der Waals surface area contributed by atoms with E-state index in [-0.39, 0.29) is 18.1 Å². The number of nitrogens with one attached hydrogen (secondary N) is 2. The van der Waals surface area contributed by atoms with Crippen molar-refractivity contribution in [2.24, 2.45) is 0 Å². The number of methoxy groups -OCH3 is 1. The highest BCUT2D eigenvalue weighted by Gasteiger charge is 2.23. The topological polar surface area (TPSA) is 62.8 Å². The summed E-state index contributed by atoms with van der Waals surface area (Å²) in [5.41, 5.74) is 3.54. The fraction of sp³-hybridized carbons (Fsp3) is 0.364. The van der Waals surface area contributed by atoms with Crippen LogP contribution >= 0.6 is 27.3 Å². The zero-order valence-corrected chi connectivity index (χ0v) is 25.7. The molecule has 0 atom stereocenters. The minimum Gasteiger partial charge on any atom is -0.497 e. The summed E-state index contributed by atoms with van der Waals surface area (Å²) in [6, 6.07) is 23.1. The second-order valence-electron chi connectivity index (χ2n) is 10.9. The van der Waals surface area contributed by atoms with E-state index in [0.29, 0.717) is 0 Å². The standard InChI is InChI=1S/C33H36BrN3O3S/c1-39-27-7-5-23(6-8-27)24-3-4-25-20-32(41-31(25)19-24)33(38)36-26-12-16-37(17-13-26)21-22-2-9-30(29(34)18-22)40-28-10-14-35-15-11-28/h2-9,18-20,26,28,35H,10-17,21H2,1H3,(H,36,38). The van der Waals surface area contributed by atoms with Gasteiger partial charge in [-0.25, -0.2) is 0 Å². The van der Waals surface area contributed by atoms with Crippen LogP contribution in [0.3, 0.4) is 0 Å². The molecule has 0 radical (unpaired) electrons. The molecule has 2 aliphatic rings. The number of carbonyl (C=O) groups excluding carboxylic acids is 1. The number of amides is 1. The molecule has 0 aliphatic carbocycles. The fourth-order valence-electron chi connectivity index (χ4n) is 5.69. The van der Waals surface area contributed by atoms with Gasteiger partial charge in [0.2, 0.25) is 0 Å². The van der Waals surface area contributed by atoms with Crippen molar-refractivity contribution in [2.45, 2.75) is 44.4 Å². The highest BCUT2D eigenvalue weighted by molar-refractivity contribution is 9.10. The van der Waals surface area contributed by atoms with Crippen molar-refractivity contribution >= 4 is 43.3 Å². The van der Waals surface area contributed by atoms with Crippen LogP contribution in [0.2, 0.25) is 0 Å². The third-order valence-electron chi connectivity index (χ3n) is 8.07. The Morgan fingerprint density at radius 3 is 2.46 bits per heavy atom. The molecular formula is C33H36BrN3O3S. The number of carbonyl (C=O) groups is 1. The third kappa shape index (κ3) is 6.95. The Bertz CT molecular complexity index is 1490. The Labute approximate surface area is 254 Å².